The van der Waals surface area contributed by atoms with Crippen molar-refractivity contribution in [2.45, 2.75) is 52.4 Å². The van der Waals surface area contributed by atoms with Crippen LogP contribution in [0.15, 0.2) is 12.1 Å². The van der Waals surface area contributed by atoms with Gasteiger partial charge in [0.15, 0.2) is 6.29 Å². The predicted molar refractivity (Wildman–Crippen MR) is 73.9 cm³/mol. The molecule has 3 heteroatoms. The monoisotopic (exact) mass is 268 g/mol. The number of ether oxygens (including phenoxy) is 2. The number of rotatable bonds is 4. The van der Waals surface area contributed by atoms with Gasteiger partial charge in [0.1, 0.15) is 0 Å². The Morgan fingerprint density at radius 1 is 1.33 bits per heavy atom. The highest BCUT2D eigenvalue weighted by Crippen LogP contribution is 2.23. The number of aryl methyl sites for hydroxylation is 2. The van der Waals surface area contributed by atoms with E-state index in [1.54, 1.807) is 0 Å². The zero-order chi connectivity index (χ0) is 13.0. The lowest BCUT2D eigenvalue weighted by Gasteiger charge is -2.23. The van der Waals surface area contributed by atoms with Crippen LogP contribution in [0, 0.1) is 6.92 Å². The lowest BCUT2D eigenvalue weighted by molar-refractivity contribution is -0.169. The van der Waals surface area contributed by atoms with Gasteiger partial charge in [-0.1, -0.05) is 24.6 Å². The van der Waals surface area contributed by atoms with E-state index in [0.717, 1.165) is 30.9 Å². The third-order valence-electron chi connectivity index (χ3n) is 3.45. The molecule has 1 aliphatic heterocycles. The molecule has 0 aliphatic carbocycles. The SMILES string of the molecule is CCc1cc(COC2CCCCO2)c(C)cc1Cl. The van der Waals surface area contributed by atoms with Crippen LogP contribution in [0.5, 0.6) is 0 Å². The second kappa shape index (κ2) is 6.55. The van der Waals surface area contributed by atoms with E-state index < -0.39 is 0 Å². The predicted octanol–water partition coefficient (Wildman–Crippen LogP) is 4.25. The highest BCUT2D eigenvalue weighted by molar-refractivity contribution is 6.31. The summed E-state index contributed by atoms with van der Waals surface area (Å²) in [4.78, 5) is 0. The summed E-state index contributed by atoms with van der Waals surface area (Å²) in [6.07, 6.45) is 4.28. The molecular weight excluding hydrogens is 248 g/mol. The Balaban J connectivity index is 1.99. The number of hydrogen-bond donors (Lipinski definition) is 0. The molecule has 0 N–H and O–H groups in total. The molecule has 1 aromatic carbocycles. The highest BCUT2D eigenvalue weighted by Gasteiger charge is 2.14. The molecule has 0 bridgehead atoms. The average molecular weight is 269 g/mol. The Morgan fingerprint density at radius 3 is 2.83 bits per heavy atom. The minimum atomic E-state index is -0.0288. The molecule has 0 amide bonds. The summed E-state index contributed by atoms with van der Waals surface area (Å²) in [5.41, 5.74) is 3.59. The lowest BCUT2D eigenvalue weighted by Crippen LogP contribution is -2.22. The van der Waals surface area contributed by atoms with Gasteiger partial charge in [-0.25, -0.2) is 0 Å². The van der Waals surface area contributed by atoms with Gasteiger partial charge in [-0.05, 0) is 55.4 Å². The van der Waals surface area contributed by atoms with Crippen LogP contribution in [0.1, 0.15) is 42.9 Å². The molecule has 0 spiro atoms. The Bertz CT molecular complexity index is 398. The molecule has 1 fully saturated rings. The first-order valence-corrected chi connectivity index (χ1v) is 7.09. The van der Waals surface area contributed by atoms with Crippen molar-refractivity contribution in [1.29, 1.82) is 0 Å². The van der Waals surface area contributed by atoms with Crippen molar-refractivity contribution in [2.24, 2.45) is 0 Å². The maximum absolute atomic E-state index is 6.18. The Kier molecular flexibility index (Phi) is 5.04. The summed E-state index contributed by atoms with van der Waals surface area (Å²) < 4.78 is 11.4. The molecule has 2 rings (SSSR count). The first-order chi connectivity index (χ1) is 8.70. The topological polar surface area (TPSA) is 18.5 Å². The molecule has 1 atom stereocenters. The van der Waals surface area contributed by atoms with Crippen LogP contribution in [0.25, 0.3) is 0 Å². The van der Waals surface area contributed by atoms with Gasteiger partial charge < -0.3 is 9.47 Å². The molecule has 18 heavy (non-hydrogen) atoms. The van der Waals surface area contributed by atoms with Crippen molar-refractivity contribution >= 4 is 11.6 Å². The van der Waals surface area contributed by atoms with Crippen molar-refractivity contribution in [3.8, 4) is 0 Å². The van der Waals surface area contributed by atoms with Crippen molar-refractivity contribution in [3.05, 3.63) is 33.8 Å². The van der Waals surface area contributed by atoms with Crippen molar-refractivity contribution in [1.82, 2.24) is 0 Å². The maximum atomic E-state index is 6.18. The summed E-state index contributed by atoms with van der Waals surface area (Å²) in [6.45, 7) is 5.63. The van der Waals surface area contributed by atoms with E-state index in [0.29, 0.717) is 6.61 Å². The normalized spacial score (nSPS) is 20.1. The van der Waals surface area contributed by atoms with Crippen molar-refractivity contribution < 1.29 is 9.47 Å². The molecule has 100 valence electrons. The van der Waals surface area contributed by atoms with Crippen LogP contribution in [-0.2, 0) is 22.5 Å². The van der Waals surface area contributed by atoms with Gasteiger partial charge in [-0.2, -0.15) is 0 Å². The number of benzene rings is 1. The smallest absolute Gasteiger partial charge is 0.158 e. The van der Waals surface area contributed by atoms with E-state index in [-0.39, 0.29) is 6.29 Å². The van der Waals surface area contributed by atoms with Crippen LogP contribution in [0.2, 0.25) is 5.02 Å². The molecule has 1 saturated heterocycles. The lowest BCUT2D eigenvalue weighted by atomic mass is 10.0. The van der Waals surface area contributed by atoms with Gasteiger partial charge in [-0.15, -0.1) is 0 Å². The minimum absolute atomic E-state index is 0.0288. The van der Waals surface area contributed by atoms with Crippen LogP contribution < -0.4 is 0 Å². The molecule has 1 heterocycles. The van der Waals surface area contributed by atoms with Crippen LogP contribution in [0.4, 0.5) is 0 Å². The van der Waals surface area contributed by atoms with Crippen molar-refractivity contribution in [2.75, 3.05) is 6.61 Å². The second-order valence-corrected chi connectivity index (χ2v) is 5.24. The zero-order valence-electron chi connectivity index (χ0n) is 11.2. The Labute approximate surface area is 114 Å². The third kappa shape index (κ3) is 3.47. The van der Waals surface area contributed by atoms with Gasteiger partial charge in [-0.3, -0.25) is 0 Å². The number of hydrogen-bond acceptors (Lipinski definition) is 2. The zero-order valence-corrected chi connectivity index (χ0v) is 11.9. The maximum Gasteiger partial charge on any atom is 0.158 e. The van der Waals surface area contributed by atoms with E-state index in [2.05, 4.69) is 19.9 Å². The van der Waals surface area contributed by atoms with Gasteiger partial charge >= 0.3 is 0 Å². The van der Waals surface area contributed by atoms with Gasteiger partial charge in [0.2, 0.25) is 0 Å². The van der Waals surface area contributed by atoms with Crippen molar-refractivity contribution in [3.63, 3.8) is 0 Å². The first-order valence-electron chi connectivity index (χ1n) is 6.71. The fourth-order valence-electron chi connectivity index (χ4n) is 2.22. The third-order valence-corrected chi connectivity index (χ3v) is 3.80. The van der Waals surface area contributed by atoms with E-state index in [4.69, 9.17) is 21.1 Å². The first kappa shape index (κ1) is 13.9. The quantitative estimate of drug-likeness (QED) is 0.813. The van der Waals surface area contributed by atoms with Crippen LogP contribution in [0.3, 0.4) is 0 Å². The summed E-state index contributed by atoms with van der Waals surface area (Å²) >= 11 is 6.18. The second-order valence-electron chi connectivity index (χ2n) is 4.83. The fraction of sp³-hybridized carbons (Fsp3) is 0.600. The van der Waals surface area contributed by atoms with E-state index in [1.165, 1.54) is 23.1 Å². The Morgan fingerprint density at radius 2 is 2.17 bits per heavy atom. The number of halogens is 1. The molecule has 0 saturated carbocycles. The molecule has 1 aromatic rings. The van der Waals surface area contributed by atoms with E-state index in [9.17, 15) is 0 Å². The minimum Gasteiger partial charge on any atom is -0.353 e. The van der Waals surface area contributed by atoms with E-state index >= 15 is 0 Å². The standard InChI is InChI=1S/C15H21ClO2/c1-3-12-9-13(11(2)8-14(12)16)10-18-15-6-4-5-7-17-15/h8-9,15H,3-7,10H2,1-2H3. The molecule has 0 radical (unpaired) electrons. The average Bonchev–Trinajstić information content (AvgIpc) is 2.39. The molecule has 1 aliphatic rings. The highest BCUT2D eigenvalue weighted by atomic mass is 35.5. The summed E-state index contributed by atoms with van der Waals surface area (Å²) in [5, 5.41) is 0.854. The van der Waals surface area contributed by atoms with Gasteiger partial charge in [0.25, 0.3) is 0 Å². The summed E-state index contributed by atoms with van der Waals surface area (Å²) in [5.74, 6) is 0. The van der Waals surface area contributed by atoms with Gasteiger partial charge in [0.05, 0.1) is 6.61 Å². The molecule has 0 aromatic heterocycles. The van der Waals surface area contributed by atoms with Crippen LogP contribution >= 0.6 is 11.6 Å². The molecule has 1 unspecified atom stereocenters. The molecule has 2 nitrogen and oxygen atoms in total. The van der Waals surface area contributed by atoms with E-state index in [1.807, 2.05) is 6.07 Å². The largest absolute Gasteiger partial charge is 0.353 e. The van der Waals surface area contributed by atoms with Crippen LogP contribution in [-0.4, -0.2) is 12.9 Å². The summed E-state index contributed by atoms with van der Waals surface area (Å²) in [7, 11) is 0. The Hall–Kier alpha value is -0.570. The molecular formula is C15H21ClO2. The van der Waals surface area contributed by atoms with Gasteiger partial charge in [0, 0.05) is 11.6 Å². The summed E-state index contributed by atoms with van der Waals surface area (Å²) in [6, 6.07) is 4.18. The fourth-order valence-corrected chi connectivity index (χ4v) is 2.57.